The first kappa shape index (κ1) is 18.7. The van der Waals surface area contributed by atoms with Crippen LogP contribution in [0, 0.1) is 11.8 Å². The molecule has 1 aliphatic carbocycles. The van der Waals surface area contributed by atoms with E-state index in [9.17, 15) is 4.79 Å². The molecule has 2 N–H and O–H groups in total. The van der Waals surface area contributed by atoms with Gasteiger partial charge in [0, 0.05) is 11.3 Å². The lowest BCUT2D eigenvalue weighted by Crippen LogP contribution is -2.36. The van der Waals surface area contributed by atoms with Gasteiger partial charge in [0.15, 0.2) is 5.13 Å². The van der Waals surface area contributed by atoms with Crippen LogP contribution in [0.5, 0.6) is 0 Å². The van der Waals surface area contributed by atoms with Gasteiger partial charge in [0.25, 0.3) is 0 Å². The van der Waals surface area contributed by atoms with E-state index in [1.54, 1.807) is 12.3 Å². The summed E-state index contributed by atoms with van der Waals surface area (Å²) in [6.45, 7) is 8.35. The van der Waals surface area contributed by atoms with E-state index in [1.165, 1.54) is 24.2 Å². The molecule has 0 radical (unpaired) electrons. The van der Waals surface area contributed by atoms with Crippen LogP contribution in [0.2, 0.25) is 0 Å². The van der Waals surface area contributed by atoms with Crippen molar-refractivity contribution in [3.63, 3.8) is 0 Å². The topological polar surface area (TPSA) is 86.8 Å². The fourth-order valence-electron chi connectivity index (χ4n) is 2.98. The number of ether oxygens (including phenoxy) is 1. The maximum absolute atomic E-state index is 12.2. The zero-order chi connectivity index (χ0) is 17.7. The van der Waals surface area contributed by atoms with Gasteiger partial charge in [0.2, 0.25) is 5.71 Å². The van der Waals surface area contributed by atoms with Crippen molar-refractivity contribution in [2.45, 2.75) is 59.0 Å². The molecule has 1 saturated carbocycles. The van der Waals surface area contributed by atoms with Crippen LogP contribution in [0.3, 0.4) is 0 Å². The molecule has 0 unspecified atom stereocenters. The third-order valence-electron chi connectivity index (χ3n) is 4.60. The zero-order valence-corrected chi connectivity index (χ0v) is 15.7. The number of esters is 1. The number of hydrogen-bond acceptors (Lipinski definition) is 7. The number of oxime groups is 1. The first-order valence-corrected chi connectivity index (χ1v) is 9.36. The van der Waals surface area contributed by atoms with Crippen molar-refractivity contribution in [1.82, 2.24) is 4.98 Å². The average Bonchev–Trinajstić information content (AvgIpc) is 2.94. The highest BCUT2D eigenvalue weighted by Crippen LogP contribution is 2.37. The lowest BCUT2D eigenvalue weighted by molar-refractivity contribution is -0.135. The standard InChI is InChI=1S/C17H27N3O3S/c1-5-22-15(21)14(13-10-24-16(18)19-13)20-23-17(3,4)12-8-6-11(2)7-9-12/h10-12H,5-9H2,1-4H3,(H2,18,19)/b20-14-/t11-,12-. The second-order valence-electron chi connectivity index (χ2n) is 6.88. The molecule has 0 bridgehead atoms. The first-order chi connectivity index (χ1) is 11.3. The van der Waals surface area contributed by atoms with Gasteiger partial charge in [-0.2, -0.15) is 0 Å². The van der Waals surface area contributed by atoms with Gasteiger partial charge in [-0.1, -0.05) is 24.9 Å². The van der Waals surface area contributed by atoms with Gasteiger partial charge in [0.1, 0.15) is 11.3 Å². The molecule has 0 aromatic carbocycles. The molecule has 0 saturated heterocycles. The van der Waals surface area contributed by atoms with Gasteiger partial charge in [0.05, 0.1) is 6.61 Å². The van der Waals surface area contributed by atoms with Crippen LogP contribution in [-0.4, -0.2) is 28.9 Å². The average molecular weight is 353 g/mol. The molecule has 6 nitrogen and oxygen atoms in total. The summed E-state index contributed by atoms with van der Waals surface area (Å²) in [5.41, 5.74) is 5.68. The van der Waals surface area contributed by atoms with Crippen molar-refractivity contribution < 1.29 is 14.4 Å². The highest BCUT2D eigenvalue weighted by atomic mass is 32.1. The second kappa shape index (κ2) is 7.96. The summed E-state index contributed by atoms with van der Waals surface area (Å²) in [5, 5.41) is 6.18. The predicted molar refractivity (Wildman–Crippen MR) is 96.0 cm³/mol. The third kappa shape index (κ3) is 4.69. The summed E-state index contributed by atoms with van der Waals surface area (Å²) in [4.78, 5) is 22.1. The largest absolute Gasteiger partial charge is 0.461 e. The Kier molecular flexibility index (Phi) is 6.21. The molecular weight excluding hydrogens is 326 g/mol. The Labute approximate surface area is 147 Å². The highest BCUT2D eigenvalue weighted by molar-refractivity contribution is 7.13. The zero-order valence-electron chi connectivity index (χ0n) is 14.9. The Morgan fingerprint density at radius 2 is 2.08 bits per heavy atom. The minimum atomic E-state index is -0.545. The molecule has 7 heteroatoms. The number of rotatable bonds is 6. The monoisotopic (exact) mass is 353 g/mol. The Hall–Kier alpha value is -1.63. The van der Waals surface area contributed by atoms with E-state index in [0.717, 1.165) is 18.8 Å². The van der Waals surface area contributed by atoms with Crippen molar-refractivity contribution in [2.24, 2.45) is 17.0 Å². The van der Waals surface area contributed by atoms with Crippen LogP contribution < -0.4 is 5.73 Å². The Morgan fingerprint density at radius 3 is 2.62 bits per heavy atom. The third-order valence-corrected chi connectivity index (χ3v) is 5.28. The highest BCUT2D eigenvalue weighted by Gasteiger charge is 2.35. The number of aromatic nitrogens is 1. The summed E-state index contributed by atoms with van der Waals surface area (Å²) < 4.78 is 5.07. The van der Waals surface area contributed by atoms with E-state index in [0.29, 0.717) is 16.7 Å². The molecule has 24 heavy (non-hydrogen) atoms. The second-order valence-corrected chi connectivity index (χ2v) is 7.77. The van der Waals surface area contributed by atoms with Crippen LogP contribution >= 0.6 is 11.3 Å². The molecule has 0 aliphatic heterocycles. The van der Waals surface area contributed by atoms with Gasteiger partial charge in [-0.05, 0) is 39.5 Å². The van der Waals surface area contributed by atoms with Gasteiger partial charge in [-0.15, -0.1) is 11.3 Å². The number of carbonyl (C=O) groups excluding carboxylic acids is 1. The smallest absolute Gasteiger partial charge is 0.362 e. The molecule has 1 aromatic rings. The molecule has 2 rings (SSSR count). The van der Waals surface area contributed by atoms with Gasteiger partial charge >= 0.3 is 5.97 Å². The number of nitrogens with two attached hydrogens (primary N) is 1. The lowest BCUT2D eigenvalue weighted by atomic mass is 9.75. The number of carbonyl (C=O) groups is 1. The van der Waals surface area contributed by atoms with Crippen LogP contribution in [0.4, 0.5) is 5.13 Å². The Balaban J connectivity index is 2.15. The molecule has 0 spiro atoms. The summed E-state index contributed by atoms with van der Waals surface area (Å²) in [6.07, 6.45) is 4.63. The summed E-state index contributed by atoms with van der Waals surface area (Å²) in [6, 6.07) is 0. The van der Waals surface area contributed by atoms with E-state index in [-0.39, 0.29) is 12.3 Å². The van der Waals surface area contributed by atoms with Crippen molar-refractivity contribution in [3.05, 3.63) is 11.1 Å². The molecule has 1 aliphatic rings. The SMILES string of the molecule is CCOC(=O)/C(=N\OC(C)(C)[C@H]1CC[C@H](C)CC1)c1csc(N)n1. The normalized spacial score (nSPS) is 22.2. The molecular formula is C17H27N3O3S. The van der Waals surface area contributed by atoms with Crippen molar-refractivity contribution in [1.29, 1.82) is 0 Å². The molecule has 1 aromatic heterocycles. The summed E-state index contributed by atoms with van der Waals surface area (Å²) in [5.74, 6) is 0.644. The van der Waals surface area contributed by atoms with Gasteiger partial charge in [-0.25, -0.2) is 9.78 Å². The van der Waals surface area contributed by atoms with Gasteiger partial charge in [-0.3, -0.25) is 0 Å². The van der Waals surface area contributed by atoms with E-state index in [4.69, 9.17) is 15.3 Å². The molecule has 0 amide bonds. The minimum Gasteiger partial charge on any atom is -0.461 e. The summed E-state index contributed by atoms with van der Waals surface area (Å²) in [7, 11) is 0. The quantitative estimate of drug-likeness (QED) is 0.479. The van der Waals surface area contributed by atoms with Crippen LogP contribution in [0.15, 0.2) is 10.5 Å². The van der Waals surface area contributed by atoms with E-state index < -0.39 is 11.6 Å². The van der Waals surface area contributed by atoms with Crippen LogP contribution in [0.1, 0.15) is 59.1 Å². The Bertz CT molecular complexity index is 590. The number of nitrogen functional groups attached to an aromatic ring is 1. The first-order valence-electron chi connectivity index (χ1n) is 8.48. The molecule has 0 atom stereocenters. The van der Waals surface area contributed by atoms with Crippen molar-refractivity contribution in [2.75, 3.05) is 12.3 Å². The van der Waals surface area contributed by atoms with Crippen LogP contribution in [-0.2, 0) is 14.4 Å². The summed E-state index contributed by atoms with van der Waals surface area (Å²) >= 11 is 1.25. The molecule has 1 heterocycles. The number of hydrogen-bond donors (Lipinski definition) is 1. The van der Waals surface area contributed by atoms with E-state index >= 15 is 0 Å². The maximum Gasteiger partial charge on any atom is 0.362 e. The number of thiazole rings is 1. The van der Waals surface area contributed by atoms with Crippen molar-refractivity contribution >= 4 is 28.1 Å². The lowest BCUT2D eigenvalue weighted by Gasteiger charge is -2.36. The van der Waals surface area contributed by atoms with Crippen LogP contribution in [0.25, 0.3) is 0 Å². The van der Waals surface area contributed by atoms with Crippen molar-refractivity contribution in [3.8, 4) is 0 Å². The minimum absolute atomic E-state index is 0.0713. The molecule has 134 valence electrons. The number of nitrogens with zero attached hydrogens (tertiary/aromatic N) is 2. The fraction of sp³-hybridized carbons (Fsp3) is 0.706. The van der Waals surface area contributed by atoms with Gasteiger partial charge < -0.3 is 15.3 Å². The predicted octanol–water partition coefficient (Wildman–Crippen LogP) is 3.61. The maximum atomic E-state index is 12.2. The van der Waals surface area contributed by atoms with E-state index in [1.807, 2.05) is 13.8 Å². The molecule has 1 fully saturated rings. The Morgan fingerprint density at radius 1 is 1.42 bits per heavy atom. The van der Waals surface area contributed by atoms with E-state index in [2.05, 4.69) is 17.1 Å². The fourth-order valence-corrected chi connectivity index (χ4v) is 3.53. The number of anilines is 1.